The predicted molar refractivity (Wildman–Crippen MR) is 98.9 cm³/mol. The Morgan fingerprint density at radius 2 is 2.17 bits per heavy atom. The fourth-order valence-corrected chi connectivity index (χ4v) is 3.17. The Balaban J connectivity index is 1.68. The van der Waals surface area contributed by atoms with Crippen LogP contribution in [0.3, 0.4) is 0 Å². The second-order valence-corrected chi connectivity index (χ2v) is 6.99. The number of aromatic nitrogens is 3. The molecule has 132 valence electrons. The maximum absolute atomic E-state index is 11.9. The van der Waals surface area contributed by atoms with Gasteiger partial charge >= 0.3 is 0 Å². The molecule has 1 aromatic rings. The molecule has 1 heterocycles. The Hall–Kier alpha value is -1.83. The van der Waals surface area contributed by atoms with Crippen molar-refractivity contribution in [2.24, 2.45) is 0 Å². The summed E-state index contributed by atoms with van der Waals surface area (Å²) in [6, 6.07) is 0. The van der Waals surface area contributed by atoms with Gasteiger partial charge in [0.2, 0.25) is 17.8 Å². The minimum Gasteiger partial charge on any atom is -0.368 e. The molecule has 0 spiro atoms. The summed E-state index contributed by atoms with van der Waals surface area (Å²) in [6.45, 7) is 0.717. The summed E-state index contributed by atoms with van der Waals surface area (Å²) in [5, 5.41) is 2.97. The molecule has 0 aromatic carbocycles. The van der Waals surface area contributed by atoms with Crippen molar-refractivity contribution >= 4 is 29.6 Å². The fraction of sp³-hybridized carbons (Fsp3) is 0.625. The maximum Gasteiger partial charge on any atom is 0.230 e. The monoisotopic (exact) mass is 350 g/mol. The average Bonchev–Trinajstić information content (AvgIpc) is 2.55. The second-order valence-electron chi connectivity index (χ2n) is 6.01. The van der Waals surface area contributed by atoms with Crippen molar-refractivity contribution < 1.29 is 4.79 Å². The van der Waals surface area contributed by atoms with E-state index in [4.69, 9.17) is 5.73 Å². The zero-order valence-electron chi connectivity index (χ0n) is 14.4. The summed E-state index contributed by atoms with van der Waals surface area (Å²) in [4.78, 5) is 26.1. The van der Waals surface area contributed by atoms with Crippen LogP contribution in [-0.2, 0) is 10.5 Å². The highest BCUT2D eigenvalue weighted by molar-refractivity contribution is 7.99. The van der Waals surface area contributed by atoms with Gasteiger partial charge in [-0.05, 0) is 32.1 Å². The minimum absolute atomic E-state index is 0.0475. The second kappa shape index (κ2) is 9.46. The van der Waals surface area contributed by atoms with Crippen molar-refractivity contribution in [2.45, 2.75) is 37.9 Å². The standard InChI is InChI=1S/C16H26N6OS/c1-22(2)16-20-13(19-15(17)21-16)10-24-11-14(23)18-9-8-12-6-4-3-5-7-12/h6H,3-5,7-11H2,1-2H3,(H,18,23)(H2,17,19,20,21). The van der Waals surface area contributed by atoms with Gasteiger partial charge in [0.1, 0.15) is 5.82 Å². The zero-order chi connectivity index (χ0) is 17.4. The predicted octanol–water partition coefficient (Wildman–Crippen LogP) is 1.76. The summed E-state index contributed by atoms with van der Waals surface area (Å²) >= 11 is 1.48. The number of allylic oxidation sites excluding steroid dienone is 1. The van der Waals surface area contributed by atoms with E-state index in [-0.39, 0.29) is 11.9 Å². The maximum atomic E-state index is 11.9. The first-order valence-corrected chi connectivity index (χ1v) is 9.40. The zero-order valence-corrected chi connectivity index (χ0v) is 15.2. The number of anilines is 2. The van der Waals surface area contributed by atoms with Crippen molar-refractivity contribution in [3.63, 3.8) is 0 Å². The number of thioether (sulfide) groups is 1. The lowest BCUT2D eigenvalue weighted by Gasteiger charge is -2.13. The molecule has 3 N–H and O–H groups in total. The Kier molecular flexibility index (Phi) is 7.30. The highest BCUT2D eigenvalue weighted by atomic mass is 32.2. The van der Waals surface area contributed by atoms with E-state index in [1.807, 2.05) is 14.1 Å². The molecule has 8 heteroatoms. The molecule has 1 aliphatic carbocycles. The Bertz CT molecular complexity index is 590. The number of amides is 1. The number of rotatable bonds is 8. The molecule has 0 saturated carbocycles. The number of nitrogens with zero attached hydrogens (tertiary/aromatic N) is 4. The summed E-state index contributed by atoms with van der Waals surface area (Å²) in [5.41, 5.74) is 7.16. The van der Waals surface area contributed by atoms with Crippen LogP contribution in [0.2, 0.25) is 0 Å². The van der Waals surface area contributed by atoms with Gasteiger partial charge < -0.3 is 16.0 Å². The SMILES string of the molecule is CN(C)c1nc(N)nc(CSCC(=O)NCCC2=CCCCC2)n1. The molecule has 0 saturated heterocycles. The highest BCUT2D eigenvalue weighted by Crippen LogP contribution is 2.19. The molecule has 7 nitrogen and oxygen atoms in total. The van der Waals surface area contributed by atoms with Gasteiger partial charge in [0, 0.05) is 20.6 Å². The van der Waals surface area contributed by atoms with Crippen LogP contribution >= 0.6 is 11.8 Å². The fourth-order valence-electron chi connectivity index (χ4n) is 2.47. The van der Waals surface area contributed by atoms with Crippen molar-refractivity contribution in [3.05, 3.63) is 17.5 Å². The first-order chi connectivity index (χ1) is 11.5. The molecule has 0 fully saturated rings. The van der Waals surface area contributed by atoms with Gasteiger partial charge in [0.25, 0.3) is 0 Å². The average molecular weight is 350 g/mol. The summed E-state index contributed by atoms with van der Waals surface area (Å²) in [7, 11) is 3.70. The quantitative estimate of drug-likeness (QED) is 0.689. The molecule has 1 amide bonds. The molecule has 0 aliphatic heterocycles. The van der Waals surface area contributed by atoms with Crippen LogP contribution < -0.4 is 16.0 Å². The number of hydrogen-bond donors (Lipinski definition) is 2. The van der Waals surface area contributed by atoms with Crippen molar-refractivity contribution in [3.8, 4) is 0 Å². The lowest BCUT2D eigenvalue weighted by atomic mass is 9.97. The van der Waals surface area contributed by atoms with E-state index < -0.39 is 0 Å². The van der Waals surface area contributed by atoms with Gasteiger partial charge in [-0.25, -0.2) is 0 Å². The highest BCUT2D eigenvalue weighted by Gasteiger charge is 2.08. The molecule has 2 rings (SSSR count). The van der Waals surface area contributed by atoms with Crippen LogP contribution in [-0.4, -0.2) is 47.3 Å². The van der Waals surface area contributed by atoms with E-state index in [1.165, 1.54) is 43.0 Å². The van der Waals surface area contributed by atoms with Crippen LogP contribution in [0.25, 0.3) is 0 Å². The van der Waals surface area contributed by atoms with Crippen molar-refractivity contribution in [1.82, 2.24) is 20.3 Å². The van der Waals surface area contributed by atoms with E-state index in [1.54, 1.807) is 4.90 Å². The lowest BCUT2D eigenvalue weighted by molar-refractivity contribution is -0.118. The first-order valence-electron chi connectivity index (χ1n) is 8.24. The van der Waals surface area contributed by atoms with Crippen LogP contribution in [0.1, 0.15) is 37.9 Å². The molecule has 0 atom stereocenters. The van der Waals surface area contributed by atoms with Crippen LogP contribution in [0.5, 0.6) is 0 Å². The molecular formula is C16H26N6OS. The molecule has 1 aromatic heterocycles. The van der Waals surface area contributed by atoms with Crippen LogP contribution in [0, 0.1) is 0 Å². The van der Waals surface area contributed by atoms with Gasteiger partial charge in [0.15, 0.2) is 0 Å². The normalized spacial score (nSPS) is 14.2. The van der Waals surface area contributed by atoms with E-state index in [2.05, 4.69) is 26.3 Å². The third-order valence-electron chi connectivity index (χ3n) is 3.70. The summed E-state index contributed by atoms with van der Waals surface area (Å²) in [5.74, 6) is 2.30. The van der Waals surface area contributed by atoms with Crippen LogP contribution in [0.15, 0.2) is 11.6 Å². The van der Waals surface area contributed by atoms with Crippen molar-refractivity contribution in [2.75, 3.05) is 37.0 Å². The van der Waals surface area contributed by atoms with Gasteiger partial charge in [0.05, 0.1) is 11.5 Å². The molecule has 1 aliphatic rings. The van der Waals surface area contributed by atoms with Gasteiger partial charge in [-0.15, -0.1) is 11.8 Å². The van der Waals surface area contributed by atoms with Gasteiger partial charge in [-0.2, -0.15) is 15.0 Å². The Morgan fingerprint density at radius 3 is 2.88 bits per heavy atom. The molecule has 0 unspecified atom stereocenters. The number of hydrogen-bond acceptors (Lipinski definition) is 7. The minimum atomic E-state index is 0.0475. The summed E-state index contributed by atoms with van der Waals surface area (Å²) < 4.78 is 0. The van der Waals surface area contributed by atoms with Gasteiger partial charge in [-0.1, -0.05) is 11.6 Å². The largest absolute Gasteiger partial charge is 0.368 e. The molecule has 0 radical (unpaired) electrons. The Morgan fingerprint density at radius 1 is 1.33 bits per heavy atom. The smallest absolute Gasteiger partial charge is 0.230 e. The number of nitrogens with one attached hydrogen (secondary N) is 1. The van der Waals surface area contributed by atoms with E-state index in [9.17, 15) is 4.79 Å². The topological polar surface area (TPSA) is 97.0 Å². The lowest BCUT2D eigenvalue weighted by Crippen LogP contribution is -2.26. The number of carbonyl (C=O) groups excluding carboxylic acids is 1. The molecule has 24 heavy (non-hydrogen) atoms. The Labute approximate surface area is 147 Å². The molecular weight excluding hydrogens is 324 g/mol. The third-order valence-corrected chi connectivity index (χ3v) is 4.63. The van der Waals surface area contributed by atoms with E-state index in [0.29, 0.717) is 29.8 Å². The van der Waals surface area contributed by atoms with Crippen LogP contribution in [0.4, 0.5) is 11.9 Å². The number of nitrogens with two attached hydrogens (primary N) is 1. The first kappa shape index (κ1) is 18.5. The third kappa shape index (κ3) is 6.35. The van der Waals surface area contributed by atoms with E-state index in [0.717, 1.165) is 6.42 Å². The summed E-state index contributed by atoms with van der Waals surface area (Å²) in [6.07, 6.45) is 8.22. The molecule has 0 bridgehead atoms. The number of carbonyl (C=O) groups is 1. The van der Waals surface area contributed by atoms with Crippen molar-refractivity contribution in [1.29, 1.82) is 0 Å². The van der Waals surface area contributed by atoms with E-state index >= 15 is 0 Å². The van der Waals surface area contributed by atoms with Gasteiger partial charge in [-0.3, -0.25) is 4.79 Å². The number of nitrogen functional groups attached to an aromatic ring is 1.